The van der Waals surface area contributed by atoms with Crippen molar-refractivity contribution in [2.24, 2.45) is 0 Å². The Labute approximate surface area is 114 Å². The van der Waals surface area contributed by atoms with Crippen LogP contribution in [0.1, 0.15) is 32.3 Å². The van der Waals surface area contributed by atoms with Crippen LogP contribution in [0.5, 0.6) is 0 Å². The van der Waals surface area contributed by atoms with Crippen LogP contribution in [-0.2, 0) is 11.2 Å². The molecule has 0 fully saturated rings. The van der Waals surface area contributed by atoms with Gasteiger partial charge in [0.25, 0.3) is 0 Å². The molecular weight excluding hydrogens is 248 g/mol. The average molecular weight is 271 g/mol. The maximum Gasteiger partial charge on any atom is 0.126 e. The van der Waals surface area contributed by atoms with E-state index in [0.717, 1.165) is 25.5 Å². The number of methoxy groups -OCH3 is 1. The lowest BCUT2D eigenvalue weighted by Crippen LogP contribution is -2.42. The van der Waals surface area contributed by atoms with E-state index in [2.05, 4.69) is 12.2 Å². The minimum atomic E-state index is -0.533. The third kappa shape index (κ3) is 5.25. The first-order chi connectivity index (χ1) is 9.10. The largest absolute Gasteiger partial charge is 0.380 e. The highest BCUT2D eigenvalue weighted by Gasteiger charge is 2.19. The Morgan fingerprint density at radius 1 is 1.16 bits per heavy atom. The Bertz CT molecular complexity index is 360. The van der Waals surface area contributed by atoms with E-state index < -0.39 is 11.6 Å². The van der Waals surface area contributed by atoms with E-state index in [4.69, 9.17) is 4.74 Å². The average Bonchev–Trinajstić information content (AvgIpc) is 2.35. The van der Waals surface area contributed by atoms with Gasteiger partial charge in [0.15, 0.2) is 0 Å². The van der Waals surface area contributed by atoms with Crippen molar-refractivity contribution in [1.29, 1.82) is 0 Å². The lowest BCUT2D eigenvalue weighted by Gasteiger charge is -2.26. The number of nitrogens with one attached hydrogen (secondary N) is 1. The summed E-state index contributed by atoms with van der Waals surface area (Å²) < 4.78 is 31.8. The molecule has 1 rings (SSSR count). The van der Waals surface area contributed by atoms with Crippen molar-refractivity contribution in [2.45, 2.75) is 45.3 Å². The summed E-state index contributed by atoms with van der Waals surface area (Å²) in [5.74, 6) is -1.07. The van der Waals surface area contributed by atoms with Gasteiger partial charge in [0.05, 0.1) is 6.10 Å². The molecule has 1 aromatic rings. The summed E-state index contributed by atoms with van der Waals surface area (Å²) in [7, 11) is 1.67. The molecule has 2 atom stereocenters. The third-order valence-corrected chi connectivity index (χ3v) is 3.19. The Balaban J connectivity index is 2.80. The molecule has 4 heteroatoms. The van der Waals surface area contributed by atoms with Crippen LogP contribution >= 0.6 is 0 Å². The number of benzene rings is 1. The topological polar surface area (TPSA) is 21.3 Å². The second-order valence-corrected chi connectivity index (χ2v) is 4.72. The number of rotatable bonds is 8. The molecule has 0 saturated heterocycles. The minimum Gasteiger partial charge on any atom is -0.380 e. The van der Waals surface area contributed by atoms with Gasteiger partial charge >= 0.3 is 0 Å². The molecule has 1 aromatic carbocycles. The molecule has 0 aromatic heterocycles. The van der Waals surface area contributed by atoms with Crippen molar-refractivity contribution < 1.29 is 13.5 Å². The first kappa shape index (κ1) is 16.1. The van der Waals surface area contributed by atoms with Crippen molar-refractivity contribution in [3.05, 3.63) is 35.4 Å². The van der Waals surface area contributed by atoms with Crippen molar-refractivity contribution in [3.63, 3.8) is 0 Å². The molecule has 1 N–H and O–H groups in total. The standard InChI is InChI=1S/C15H23F2NO/c1-4-6-18-14(15(5-2)19-3)9-11-7-12(16)10-13(17)8-11/h7-8,10,14-15,18H,4-6,9H2,1-3H3. The van der Waals surface area contributed by atoms with E-state index in [-0.39, 0.29) is 12.1 Å². The quantitative estimate of drug-likeness (QED) is 0.783. The van der Waals surface area contributed by atoms with Gasteiger partial charge < -0.3 is 10.1 Å². The fourth-order valence-electron chi connectivity index (χ4n) is 2.26. The Hall–Kier alpha value is -1.00. The maximum atomic E-state index is 13.2. The maximum absolute atomic E-state index is 13.2. The Morgan fingerprint density at radius 3 is 2.26 bits per heavy atom. The van der Waals surface area contributed by atoms with E-state index in [1.165, 1.54) is 12.1 Å². The van der Waals surface area contributed by atoms with E-state index in [1.807, 2.05) is 6.92 Å². The number of hydrogen-bond donors (Lipinski definition) is 1. The predicted octanol–water partition coefficient (Wildman–Crippen LogP) is 3.30. The molecule has 0 aliphatic heterocycles. The van der Waals surface area contributed by atoms with Gasteiger partial charge in [-0.25, -0.2) is 8.78 Å². The van der Waals surface area contributed by atoms with E-state index >= 15 is 0 Å². The van der Waals surface area contributed by atoms with Crippen molar-refractivity contribution in [2.75, 3.05) is 13.7 Å². The van der Waals surface area contributed by atoms with Crippen LogP contribution in [0.3, 0.4) is 0 Å². The SMILES string of the molecule is CCCNC(Cc1cc(F)cc(F)c1)C(CC)OC. The highest BCUT2D eigenvalue weighted by Crippen LogP contribution is 2.14. The molecule has 0 spiro atoms. The van der Waals surface area contributed by atoms with Gasteiger partial charge in [-0.3, -0.25) is 0 Å². The molecule has 0 radical (unpaired) electrons. The second kappa shape index (κ2) is 8.23. The third-order valence-electron chi connectivity index (χ3n) is 3.19. The van der Waals surface area contributed by atoms with Crippen LogP contribution in [0.15, 0.2) is 18.2 Å². The van der Waals surface area contributed by atoms with Crippen LogP contribution < -0.4 is 5.32 Å². The molecule has 0 aliphatic rings. The van der Waals surface area contributed by atoms with Gasteiger partial charge in [-0.2, -0.15) is 0 Å². The summed E-state index contributed by atoms with van der Waals surface area (Å²) in [4.78, 5) is 0. The Kier molecular flexibility index (Phi) is 6.95. The minimum absolute atomic E-state index is 0.0397. The highest BCUT2D eigenvalue weighted by molar-refractivity contribution is 5.19. The van der Waals surface area contributed by atoms with Crippen LogP contribution in [-0.4, -0.2) is 25.8 Å². The molecule has 108 valence electrons. The van der Waals surface area contributed by atoms with E-state index in [1.54, 1.807) is 7.11 Å². The molecular formula is C15H23F2NO. The second-order valence-electron chi connectivity index (χ2n) is 4.72. The first-order valence-electron chi connectivity index (χ1n) is 6.81. The lowest BCUT2D eigenvalue weighted by atomic mass is 9.99. The van der Waals surface area contributed by atoms with E-state index in [9.17, 15) is 8.78 Å². The van der Waals surface area contributed by atoms with Crippen LogP contribution in [0.2, 0.25) is 0 Å². The van der Waals surface area contributed by atoms with Gasteiger partial charge in [0, 0.05) is 19.2 Å². The molecule has 2 unspecified atom stereocenters. The molecule has 0 aliphatic carbocycles. The number of halogens is 2. The smallest absolute Gasteiger partial charge is 0.126 e. The van der Waals surface area contributed by atoms with Crippen molar-refractivity contribution >= 4 is 0 Å². The summed E-state index contributed by atoms with van der Waals surface area (Å²) >= 11 is 0. The molecule has 19 heavy (non-hydrogen) atoms. The van der Waals surface area contributed by atoms with Crippen LogP contribution in [0.25, 0.3) is 0 Å². The first-order valence-corrected chi connectivity index (χ1v) is 6.81. The molecule has 0 bridgehead atoms. The van der Waals surface area contributed by atoms with Crippen molar-refractivity contribution in [3.8, 4) is 0 Å². The fraction of sp³-hybridized carbons (Fsp3) is 0.600. The van der Waals surface area contributed by atoms with E-state index in [0.29, 0.717) is 12.0 Å². The summed E-state index contributed by atoms with van der Waals surface area (Å²) in [5, 5.41) is 3.39. The zero-order valence-corrected chi connectivity index (χ0v) is 11.9. The normalized spacial score (nSPS) is 14.4. The zero-order valence-electron chi connectivity index (χ0n) is 11.9. The number of hydrogen-bond acceptors (Lipinski definition) is 2. The molecule has 0 amide bonds. The molecule has 0 heterocycles. The van der Waals surface area contributed by atoms with Gasteiger partial charge in [-0.15, -0.1) is 0 Å². The highest BCUT2D eigenvalue weighted by atomic mass is 19.1. The van der Waals surface area contributed by atoms with Gasteiger partial charge in [0.1, 0.15) is 11.6 Å². The van der Waals surface area contributed by atoms with Crippen LogP contribution in [0.4, 0.5) is 8.78 Å². The molecule has 0 saturated carbocycles. The predicted molar refractivity (Wildman–Crippen MR) is 73.2 cm³/mol. The lowest BCUT2D eigenvalue weighted by molar-refractivity contribution is 0.0653. The Morgan fingerprint density at radius 2 is 1.79 bits per heavy atom. The van der Waals surface area contributed by atoms with Gasteiger partial charge in [-0.1, -0.05) is 13.8 Å². The van der Waals surface area contributed by atoms with Crippen molar-refractivity contribution in [1.82, 2.24) is 5.32 Å². The van der Waals surface area contributed by atoms with Gasteiger partial charge in [-0.05, 0) is 43.5 Å². The summed E-state index contributed by atoms with van der Waals surface area (Å²) in [6, 6.07) is 3.72. The summed E-state index contributed by atoms with van der Waals surface area (Å²) in [6.45, 7) is 4.99. The zero-order chi connectivity index (χ0) is 14.3. The van der Waals surface area contributed by atoms with Gasteiger partial charge in [0.2, 0.25) is 0 Å². The monoisotopic (exact) mass is 271 g/mol. The summed E-state index contributed by atoms with van der Waals surface area (Å²) in [6.07, 6.45) is 2.46. The number of ether oxygens (including phenoxy) is 1. The fourth-order valence-corrected chi connectivity index (χ4v) is 2.26. The summed E-state index contributed by atoms with van der Waals surface area (Å²) in [5.41, 5.74) is 0.654. The van der Waals surface area contributed by atoms with Crippen LogP contribution in [0, 0.1) is 11.6 Å². The molecule has 2 nitrogen and oxygen atoms in total.